The Morgan fingerprint density at radius 2 is 1.67 bits per heavy atom. The Hall–Kier alpha value is -3.51. The van der Waals surface area contributed by atoms with E-state index >= 15 is 0 Å². The summed E-state index contributed by atoms with van der Waals surface area (Å²) in [7, 11) is 0. The van der Waals surface area contributed by atoms with Crippen LogP contribution in [0.5, 0.6) is 0 Å². The summed E-state index contributed by atoms with van der Waals surface area (Å²) in [6, 6.07) is 5.12. The van der Waals surface area contributed by atoms with E-state index in [4.69, 9.17) is 10.5 Å². The largest absolute Gasteiger partial charge is 0.458 e. The second kappa shape index (κ2) is 16.8. The second-order valence-corrected chi connectivity index (χ2v) is 12.0. The van der Waals surface area contributed by atoms with E-state index in [-0.39, 0.29) is 49.9 Å². The fraction of sp³-hybridized carbons (Fsp3) is 0.533. The number of hydrogen-bond acceptors (Lipinski definition) is 9. The fourth-order valence-electron chi connectivity index (χ4n) is 4.20. The first-order chi connectivity index (χ1) is 19.8. The van der Waals surface area contributed by atoms with Gasteiger partial charge in [-0.15, -0.1) is 0 Å². The number of ketones is 1. The molecule has 2 rings (SSSR count). The highest BCUT2D eigenvalue weighted by molar-refractivity contribution is 7.98. The summed E-state index contributed by atoms with van der Waals surface area (Å²) in [4.78, 5) is 76.1. The maximum atomic E-state index is 13.1. The average molecular weight is 603 g/mol. The monoisotopic (exact) mass is 602 g/mol. The number of amides is 4. The molecule has 0 saturated heterocycles. The van der Waals surface area contributed by atoms with Gasteiger partial charge in [0.2, 0.25) is 5.91 Å². The van der Waals surface area contributed by atoms with Crippen molar-refractivity contribution in [3.05, 3.63) is 47.5 Å². The van der Waals surface area contributed by atoms with E-state index in [1.165, 1.54) is 23.9 Å². The lowest BCUT2D eigenvalue weighted by Gasteiger charge is -2.25. The van der Waals surface area contributed by atoms with Gasteiger partial charge in [-0.25, -0.2) is 4.79 Å². The van der Waals surface area contributed by atoms with E-state index in [1.807, 2.05) is 12.3 Å². The third kappa shape index (κ3) is 11.8. The number of imide groups is 1. The summed E-state index contributed by atoms with van der Waals surface area (Å²) in [5.74, 6) is -1.91. The Balaban J connectivity index is 1.96. The van der Waals surface area contributed by atoms with Gasteiger partial charge >= 0.3 is 5.97 Å². The van der Waals surface area contributed by atoms with Crippen LogP contribution in [0.3, 0.4) is 0 Å². The van der Waals surface area contributed by atoms with Crippen molar-refractivity contribution < 1.29 is 33.5 Å². The lowest BCUT2D eigenvalue weighted by atomic mass is 10.0. The molecule has 2 atom stereocenters. The highest BCUT2D eigenvalue weighted by atomic mass is 32.2. The Labute approximate surface area is 251 Å². The lowest BCUT2D eigenvalue weighted by molar-refractivity contribution is -0.159. The molecule has 0 aliphatic carbocycles. The molecule has 0 spiro atoms. The molecule has 0 aromatic heterocycles. The molecule has 1 aromatic rings. The minimum atomic E-state index is -0.961. The Morgan fingerprint density at radius 1 is 0.976 bits per heavy atom. The Bertz CT molecular complexity index is 1160. The number of nitrogens with one attached hydrogen (secondary N) is 2. The zero-order valence-corrected chi connectivity index (χ0v) is 25.6. The first kappa shape index (κ1) is 34.7. The van der Waals surface area contributed by atoms with Crippen molar-refractivity contribution in [3.63, 3.8) is 0 Å². The number of carbonyl (C=O) groups is 6. The minimum Gasteiger partial charge on any atom is -0.458 e. The average Bonchev–Trinajstić information content (AvgIpc) is 3.26. The maximum Gasteiger partial charge on any atom is 0.329 e. The molecule has 1 aliphatic rings. The van der Waals surface area contributed by atoms with Crippen LogP contribution in [0, 0.1) is 0 Å². The number of thioether (sulfide) groups is 1. The molecule has 0 saturated carbocycles. The van der Waals surface area contributed by atoms with E-state index in [0.717, 1.165) is 10.5 Å². The molecule has 1 aliphatic heterocycles. The number of benzene rings is 1. The number of Topliss-reactive ketones (excluding diaryl/α,β-unsaturated/α-hetero) is 1. The van der Waals surface area contributed by atoms with Crippen molar-refractivity contribution in [2.75, 3.05) is 18.6 Å². The van der Waals surface area contributed by atoms with Crippen molar-refractivity contribution in [1.29, 1.82) is 0 Å². The molecule has 0 fully saturated rings. The van der Waals surface area contributed by atoms with Gasteiger partial charge < -0.3 is 21.1 Å². The number of hydrogen-bond donors (Lipinski definition) is 3. The predicted molar refractivity (Wildman–Crippen MR) is 160 cm³/mol. The van der Waals surface area contributed by atoms with Gasteiger partial charge in [-0.1, -0.05) is 12.1 Å². The molecular weight excluding hydrogens is 560 g/mol. The molecule has 12 heteroatoms. The van der Waals surface area contributed by atoms with Gasteiger partial charge in [0.15, 0.2) is 5.78 Å². The first-order valence-corrected chi connectivity index (χ1v) is 15.4. The van der Waals surface area contributed by atoms with E-state index in [1.54, 1.807) is 39.0 Å². The fourth-order valence-corrected chi connectivity index (χ4v) is 4.67. The van der Waals surface area contributed by atoms with Crippen LogP contribution in [-0.2, 0) is 35.3 Å². The summed E-state index contributed by atoms with van der Waals surface area (Å²) in [6.07, 6.45) is 5.54. The number of nitrogens with two attached hydrogens (primary N) is 1. The van der Waals surface area contributed by atoms with Gasteiger partial charge in [-0.05, 0) is 76.2 Å². The van der Waals surface area contributed by atoms with Crippen LogP contribution in [0.15, 0.2) is 36.4 Å². The number of esters is 1. The van der Waals surface area contributed by atoms with Crippen LogP contribution in [0.2, 0.25) is 0 Å². The minimum absolute atomic E-state index is 0.124. The highest BCUT2D eigenvalue weighted by Gasteiger charge is 2.28. The summed E-state index contributed by atoms with van der Waals surface area (Å²) >= 11 is 1.54. The van der Waals surface area contributed by atoms with Gasteiger partial charge in [-0.2, -0.15) is 11.8 Å². The third-order valence-corrected chi connectivity index (χ3v) is 7.02. The molecule has 0 bridgehead atoms. The normalized spacial score (nSPS) is 14.5. The predicted octanol–water partition coefficient (Wildman–Crippen LogP) is 2.27. The Kier molecular flexibility index (Phi) is 13.9. The van der Waals surface area contributed by atoms with Crippen molar-refractivity contribution in [1.82, 2.24) is 15.5 Å². The van der Waals surface area contributed by atoms with Crippen LogP contribution in [0.4, 0.5) is 0 Å². The van der Waals surface area contributed by atoms with E-state index < -0.39 is 35.5 Å². The molecule has 0 radical (unpaired) electrons. The SMILES string of the molecule is CSCC[C@H](NC(=O)c1cccc(CN)c1)C(=O)CCC(=O)N[C@@H](CCCCN1C(=O)C=CC1=O)C(=O)OC(C)(C)C. The first-order valence-electron chi connectivity index (χ1n) is 14.0. The quantitative estimate of drug-likeness (QED) is 0.138. The van der Waals surface area contributed by atoms with Crippen LogP contribution in [-0.4, -0.2) is 76.5 Å². The number of ether oxygens (including phenoxy) is 1. The van der Waals surface area contributed by atoms with Gasteiger partial charge in [0.1, 0.15) is 11.6 Å². The molecule has 1 aromatic carbocycles. The zero-order valence-electron chi connectivity index (χ0n) is 24.8. The number of unbranched alkanes of at least 4 members (excludes halogenated alkanes) is 1. The van der Waals surface area contributed by atoms with Gasteiger partial charge in [0.25, 0.3) is 17.7 Å². The van der Waals surface area contributed by atoms with Crippen LogP contribution in [0.25, 0.3) is 0 Å². The molecule has 1 heterocycles. The number of carbonyl (C=O) groups excluding carboxylic acids is 6. The molecule has 11 nitrogen and oxygen atoms in total. The van der Waals surface area contributed by atoms with E-state index in [2.05, 4.69) is 10.6 Å². The molecule has 4 amide bonds. The third-order valence-electron chi connectivity index (χ3n) is 6.38. The Morgan fingerprint density at radius 3 is 2.29 bits per heavy atom. The van der Waals surface area contributed by atoms with Gasteiger partial charge in [0, 0.05) is 43.6 Å². The number of nitrogens with zero attached hydrogens (tertiary/aromatic N) is 1. The summed E-state index contributed by atoms with van der Waals surface area (Å²) in [5.41, 5.74) is 6.08. The van der Waals surface area contributed by atoms with Crippen molar-refractivity contribution in [3.8, 4) is 0 Å². The van der Waals surface area contributed by atoms with Gasteiger partial charge in [-0.3, -0.25) is 28.9 Å². The van der Waals surface area contributed by atoms with Crippen LogP contribution in [0.1, 0.15) is 75.2 Å². The van der Waals surface area contributed by atoms with Crippen molar-refractivity contribution in [2.24, 2.45) is 5.73 Å². The molecule has 0 unspecified atom stereocenters. The maximum absolute atomic E-state index is 13.1. The van der Waals surface area contributed by atoms with Crippen molar-refractivity contribution in [2.45, 2.75) is 83.5 Å². The second-order valence-electron chi connectivity index (χ2n) is 11.0. The molecular formula is C30H42N4O7S. The zero-order chi connectivity index (χ0) is 31.3. The lowest BCUT2D eigenvalue weighted by Crippen LogP contribution is -2.45. The van der Waals surface area contributed by atoms with Gasteiger partial charge in [0.05, 0.1) is 6.04 Å². The molecule has 4 N–H and O–H groups in total. The summed E-state index contributed by atoms with van der Waals surface area (Å²) < 4.78 is 5.47. The highest BCUT2D eigenvalue weighted by Crippen LogP contribution is 2.14. The molecule has 230 valence electrons. The van der Waals surface area contributed by atoms with Crippen LogP contribution < -0.4 is 16.4 Å². The van der Waals surface area contributed by atoms with Crippen LogP contribution >= 0.6 is 11.8 Å². The standard InChI is InChI=1S/C30H42N4O7S/c1-30(2,3)41-29(40)23(10-5-6-16-34-26(37)13-14-27(34)38)32-25(36)12-11-24(35)22(15-17-42-4)33-28(39)21-9-7-8-20(18-21)19-31/h7-9,13-14,18,22-23H,5-6,10-12,15-17,19,31H2,1-4H3,(H,32,36)(H,33,39)/t22-,23-/m0/s1. The molecule has 42 heavy (non-hydrogen) atoms. The number of rotatable bonds is 17. The topological polar surface area (TPSA) is 165 Å². The summed E-state index contributed by atoms with van der Waals surface area (Å²) in [5, 5.41) is 5.46. The van der Waals surface area contributed by atoms with E-state index in [0.29, 0.717) is 30.6 Å². The summed E-state index contributed by atoms with van der Waals surface area (Å²) in [6.45, 7) is 5.64. The van der Waals surface area contributed by atoms with E-state index in [9.17, 15) is 28.8 Å². The van der Waals surface area contributed by atoms with Crippen molar-refractivity contribution >= 4 is 47.1 Å². The smallest absolute Gasteiger partial charge is 0.329 e.